The maximum atomic E-state index is 13.6. The molecule has 0 aliphatic carbocycles. The molecule has 2 heterocycles. The molecule has 182 valence electrons. The van der Waals surface area contributed by atoms with Crippen LogP contribution < -0.4 is 11.1 Å². The van der Waals surface area contributed by atoms with Gasteiger partial charge in [0.2, 0.25) is 11.8 Å². The predicted molar refractivity (Wildman–Crippen MR) is 140 cm³/mol. The van der Waals surface area contributed by atoms with Crippen LogP contribution in [0, 0.1) is 0 Å². The van der Waals surface area contributed by atoms with Crippen LogP contribution in [0.4, 0.5) is 10.7 Å². The zero-order valence-corrected chi connectivity index (χ0v) is 21.2. The normalized spacial score (nSPS) is 13.6. The molecule has 1 aromatic heterocycles. The highest BCUT2D eigenvalue weighted by Gasteiger charge is 2.32. The quantitative estimate of drug-likeness (QED) is 0.267. The molecule has 2 aromatic carbocycles. The fourth-order valence-corrected chi connectivity index (χ4v) is 6.22. The summed E-state index contributed by atoms with van der Waals surface area (Å²) in [6, 6.07) is 16.9. The average molecular weight is 510 g/mol. The van der Waals surface area contributed by atoms with Gasteiger partial charge in [-0.25, -0.2) is 4.79 Å². The number of nitrogens with one attached hydrogen (secondary N) is 1. The lowest BCUT2D eigenvalue weighted by Crippen LogP contribution is -2.34. The second-order valence-corrected chi connectivity index (χ2v) is 10.4. The Bertz CT molecular complexity index is 1230. The molecule has 0 radical (unpaired) electrons. The summed E-state index contributed by atoms with van der Waals surface area (Å²) in [5.74, 6) is -0.721. The van der Waals surface area contributed by atoms with Crippen molar-refractivity contribution >= 4 is 51.6 Å². The number of anilines is 2. The van der Waals surface area contributed by atoms with Gasteiger partial charge >= 0.3 is 5.97 Å². The van der Waals surface area contributed by atoms with Crippen LogP contribution >= 0.6 is 23.1 Å². The van der Waals surface area contributed by atoms with Gasteiger partial charge in [0.05, 0.1) is 18.7 Å². The fourth-order valence-electron chi connectivity index (χ4n) is 3.94. The largest absolute Gasteiger partial charge is 0.462 e. The first-order valence-electron chi connectivity index (χ1n) is 11.3. The van der Waals surface area contributed by atoms with E-state index in [1.807, 2.05) is 42.5 Å². The lowest BCUT2D eigenvalue weighted by molar-refractivity contribution is -0.129. The van der Waals surface area contributed by atoms with Crippen molar-refractivity contribution in [2.45, 2.75) is 37.0 Å². The highest BCUT2D eigenvalue weighted by atomic mass is 32.2. The lowest BCUT2D eigenvalue weighted by atomic mass is 10.0. The lowest BCUT2D eigenvalue weighted by Gasteiger charge is -2.25. The maximum Gasteiger partial charge on any atom is 0.341 e. The highest BCUT2D eigenvalue weighted by molar-refractivity contribution is 8.00. The first kappa shape index (κ1) is 24.8. The molecule has 0 saturated carbocycles. The standard InChI is InChI=1S/C26H27N3O4S2/c1-3-33-26(32)22-20-13-14-29(16(2)30)15-21(20)35-25(22)28-24(31)23(17-7-5-4-6-8-17)34-19-11-9-18(27)10-12-19/h4-12,23H,3,13-15,27H2,1-2H3,(H,28,31). The van der Waals surface area contributed by atoms with Gasteiger partial charge in [0.1, 0.15) is 10.3 Å². The van der Waals surface area contributed by atoms with Crippen LogP contribution in [0.2, 0.25) is 0 Å². The van der Waals surface area contributed by atoms with Crippen molar-refractivity contribution in [2.24, 2.45) is 0 Å². The number of nitrogens with zero attached hydrogens (tertiary/aromatic N) is 1. The number of hydrogen-bond acceptors (Lipinski definition) is 7. The monoisotopic (exact) mass is 509 g/mol. The van der Waals surface area contributed by atoms with E-state index in [0.717, 1.165) is 20.9 Å². The Hall–Kier alpha value is -3.30. The number of esters is 1. The Kier molecular flexibility index (Phi) is 7.77. The molecule has 0 saturated heterocycles. The number of rotatable bonds is 7. The summed E-state index contributed by atoms with van der Waals surface area (Å²) >= 11 is 2.74. The molecule has 9 heteroatoms. The van der Waals surface area contributed by atoms with Crippen LogP contribution in [0.15, 0.2) is 59.5 Å². The molecule has 35 heavy (non-hydrogen) atoms. The van der Waals surface area contributed by atoms with Gasteiger partial charge in [-0.1, -0.05) is 30.3 Å². The first-order chi connectivity index (χ1) is 16.9. The summed E-state index contributed by atoms with van der Waals surface area (Å²) in [5, 5.41) is 2.92. The van der Waals surface area contributed by atoms with E-state index in [1.165, 1.54) is 30.0 Å². The number of carbonyl (C=O) groups is 3. The number of thioether (sulfide) groups is 1. The predicted octanol–water partition coefficient (Wildman–Crippen LogP) is 4.88. The van der Waals surface area contributed by atoms with Gasteiger partial charge in [0, 0.05) is 28.9 Å². The van der Waals surface area contributed by atoms with Crippen LogP contribution in [0.25, 0.3) is 0 Å². The van der Waals surface area contributed by atoms with E-state index in [0.29, 0.717) is 35.8 Å². The highest BCUT2D eigenvalue weighted by Crippen LogP contribution is 2.41. The molecule has 7 nitrogen and oxygen atoms in total. The molecular formula is C26H27N3O4S2. The molecule has 1 aliphatic heterocycles. The number of fused-ring (bicyclic) bond motifs is 1. The van der Waals surface area contributed by atoms with Crippen LogP contribution in [-0.2, 0) is 27.3 Å². The summed E-state index contributed by atoms with van der Waals surface area (Å²) in [7, 11) is 0. The summed E-state index contributed by atoms with van der Waals surface area (Å²) in [6.07, 6.45) is 0.539. The summed E-state index contributed by atoms with van der Waals surface area (Å²) < 4.78 is 5.32. The van der Waals surface area contributed by atoms with Crippen molar-refractivity contribution in [3.63, 3.8) is 0 Å². The summed E-state index contributed by atoms with van der Waals surface area (Å²) in [5.41, 5.74) is 8.56. The van der Waals surface area contributed by atoms with Gasteiger partial charge in [0.25, 0.3) is 0 Å². The minimum Gasteiger partial charge on any atom is -0.462 e. The third-order valence-electron chi connectivity index (χ3n) is 5.69. The fraction of sp³-hybridized carbons (Fsp3) is 0.269. The summed E-state index contributed by atoms with van der Waals surface area (Å²) in [6.45, 7) is 4.46. The Morgan fingerprint density at radius 3 is 2.51 bits per heavy atom. The molecule has 4 rings (SSSR count). The number of ether oxygens (including phenoxy) is 1. The van der Waals surface area contributed by atoms with Gasteiger partial charge in [0.15, 0.2) is 0 Å². The first-order valence-corrected chi connectivity index (χ1v) is 13.0. The number of benzene rings is 2. The van der Waals surface area contributed by atoms with Crippen molar-refractivity contribution in [3.05, 3.63) is 76.2 Å². The van der Waals surface area contributed by atoms with E-state index < -0.39 is 11.2 Å². The number of hydrogen-bond donors (Lipinski definition) is 2. The van der Waals surface area contributed by atoms with Crippen LogP contribution in [0.3, 0.4) is 0 Å². The van der Waals surface area contributed by atoms with Gasteiger partial charge in [-0.2, -0.15) is 0 Å². The molecular weight excluding hydrogens is 482 g/mol. The smallest absolute Gasteiger partial charge is 0.341 e. The molecule has 3 aromatic rings. The molecule has 1 atom stereocenters. The van der Waals surface area contributed by atoms with Crippen molar-refractivity contribution in [3.8, 4) is 0 Å². The van der Waals surface area contributed by atoms with E-state index in [-0.39, 0.29) is 18.4 Å². The molecule has 1 aliphatic rings. The molecule has 0 spiro atoms. The maximum absolute atomic E-state index is 13.6. The van der Waals surface area contributed by atoms with Crippen LogP contribution in [0.5, 0.6) is 0 Å². The molecule has 2 amide bonds. The SMILES string of the molecule is CCOC(=O)c1c(NC(=O)C(Sc2ccc(N)cc2)c2ccccc2)sc2c1CCN(C(C)=O)C2. The van der Waals surface area contributed by atoms with Crippen molar-refractivity contribution in [1.82, 2.24) is 4.90 Å². The molecule has 0 bridgehead atoms. The van der Waals surface area contributed by atoms with Gasteiger partial charge < -0.3 is 20.7 Å². The zero-order chi connectivity index (χ0) is 24.9. The van der Waals surface area contributed by atoms with E-state index in [9.17, 15) is 14.4 Å². The topological polar surface area (TPSA) is 102 Å². The third kappa shape index (κ3) is 5.68. The minimum absolute atomic E-state index is 0.0173. The van der Waals surface area contributed by atoms with Gasteiger partial charge in [-0.15, -0.1) is 23.1 Å². The number of carbonyl (C=O) groups excluding carboxylic acids is 3. The number of nitrogen functional groups attached to an aromatic ring is 1. The number of thiophene rings is 1. The van der Waals surface area contributed by atoms with Crippen LogP contribution in [0.1, 0.15) is 45.5 Å². The Morgan fingerprint density at radius 1 is 1.14 bits per heavy atom. The Morgan fingerprint density at radius 2 is 1.86 bits per heavy atom. The Labute approximate surface area is 212 Å². The van der Waals surface area contributed by atoms with E-state index in [2.05, 4.69) is 5.32 Å². The Balaban J connectivity index is 1.67. The molecule has 3 N–H and O–H groups in total. The van der Waals surface area contributed by atoms with Crippen molar-refractivity contribution < 1.29 is 19.1 Å². The van der Waals surface area contributed by atoms with E-state index in [4.69, 9.17) is 10.5 Å². The van der Waals surface area contributed by atoms with Gasteiger partial charge in [-0.3, -0.25) is 9.59 Å². The average Bonchev–Trinajstić information content (AvgIpc) is 3.21. The minimum atomic E-state index is -0.553. The number of amides is 2. The van der Waals surface area contributed by atoms with E-state index >= 15 is 0 Å². The van der Waals surface area contributed by atoms with E-state index in [1.54, 1.807) is 24.0 Å². The zero-order valence-electron chi connectivity index (χ0n) is 19.6. The molecule has 0 fully saturated rings. The van der Waals surface area contributed by atoms with Gasteiger partial charge in [-0.05, 0) is 48.7 Å². The second kappa shape index (κ2) is 11.0. The second-order valence-electron chi connectivity index (χ2n) is 8.09. The van der Waals surface area contributed by atoms with Crippen molar-refractivity contribution in [2.75, 3.05) is 24.2 Å². The summed E-state index contributed by atoms with van der Waals surface area (Å²) in [4.78, 5) is 42.0. The third-order valence-corrected chi connectivity index (χ3v) is 8.09. The number of nitrogens with two attached hydrogens (primary N) is 1. The van der Waals surface area contributed by atoms with Crippen LogP contribution in [-0.4, -0.2) is 35.8 Å². The van der Waals surface area contributed by atoms with Crippen molar-refractivity contribution in [1.29, 1.82) is 0 Å². The molecule has 1 unspecified atom stereocenters.